The molecule has 0 fully saturated rings. The highest BCUT2D eigenvalue weighted by atomic mass is 16.5. The Bertz CT molecular complexity index is 836. The number of anilines is 1. The molecule has 0 bridgehead atoms. The Kier molecular flexibility index (Phi) is 5.21. The predicted octanol–water partition coefficient (Wildman–Crippen LogP) is 3.46. The molecule has 0 aliphatic rings. The Balaban J connectivity index is 1.58. The minimum atomic E-state index is -0.101. The Morgan fingerprint density at radius 1 is 1.08 bits per heavy atom. The smallest absolute Gasteiger partial charge is 0.237 e. The fraction of sp³-hybridized carbons (Fsp3) is 0.105. The van der Waals surface area contributed by atoms with E-state index in [1.54, 1.807) is 43.8 Å². The number of ether oxygens (including phenoxy) is 2. The maximum absolute atomic E-state index is 12.2. The molecule has 1 N–H and O–H groups in total. The number of benzene rings is 2. The zero-order valence-electron chi connectivity index (χ0n) is 13.7. The topological polar surface area (TPSA) is 73.3 Å². The molecule has 0 atom stereocenters. The van der Waals surface area contributed by atoms with Gasteiger partial charge in [-0.05, 0) is 42.0 Å². The van der Waals surface area contributed by atoms with Gasteiger partial charge in [0.1, 0.15) is 11.5 Å². The van der Waals surface area contributed by atoms with E-state index in [2.05, 4.69) is 15.3 Å². The van der Waals surface area contributed by atoms with Crippen molar-refractivity contribution in [1.29, 1.82) is 0 Å². The first-order valence-electron chi connectivity index (χ1n) is 7.69. The summed E-state index contributed by atoms with van der Waals surface area (Å²) >= 11 is 0. The SMILES string of the molecule is COc1cccc(CC(=O)Nc2ccc(Oc3cnccn3)cc2)c1. The Morgan fingerprint density at radius 3 is 2.64 bits per heavy atom. The van der Waals surface area contributed by atoms with Crippen LogP contribution >= 0.6 is 0 Å². The van der Waals surface area contributed by atoms with Gasteiger partial charge in [0, 0.05) is 18.1 Å². The van der Waals surface area contributed by atoms with E-state index in [9.17, 15) is 4.79 Å². The number of hydrogen-bond donors (Lipinski definition) is 1. The third kappa shape index (κ3) is 4.78. The second-order valence-corrected chi connectivity index (χ2v) is 5.25. The fourth-order valence-electron chi connectivity index (χ4n) is 2.24. The second kappa shape index (κ2) is 7.92. The van der Waals surface area contributed by atoms with E-state index in [4.69, 9.17) is 9.47 Å². The molecule has 0 aliphatic carbocycles. The molecule has 3 aromatic rings. The molecule has 0 saturated heterocycles. The van der Waals surface area contributed by atoms with Crippen LogP contribution in [0.15, 0.2) is 67.1 Å². The van der Waals surface area contributed by atoms with Crippen LogP contribution in [0.1, 0.15) is 5.56 Å². The van der Waals surface area contributed by atoms with Gasteiger partial charge in [0.2, 0.25) is 11.8 Å². The van der Waals surface area contributed by atoms with Crippen molar-refractivity contribution in [3.05, 3.63) is 72.7 Å². The normalized spacial score (nSPS) is 10.1. The lowest BCUT2D eigenvalue weighted by Crippen LogP contribution is -2.14. The van der Waals surface area contributed by atoms with Crippen LogP contribution in [0.25, 0.3) is 0 Å². The zero-order valence-corrected chi connectivity index (χ0v) is 13.7. The summed E-state index contributed by atoms with van der Waals surface area (Å²) in [5.74, 6) is 1.66. The van der Waals surface area contributed by atoms with Crippen LogP contribution in [0.5, 0.6) is 17.4 Å². The number of rotatable bonds is 6. The van der Waals surface area contributed by atoms with Crippen molar-refractivity contribution in [2.24, 2.45) is 0 Å². The average Bonchev–Trinajstić information content (AvgIpc) is 2.64. The molecule has 25 heavy (non-hydrogen) atoms. The average molecular weight is 335 g/mol. The molecule has 0 saturated carbocycles. The molecular weight excluding hydrogens is 318 g/mol. The molecule has 2 aromatic carbocycles. The summed E-state index contributed by atoms with van der Waals surface area (Å²) in [5, 5.41) is 2.86. The summed E-state index contributed by atoms with van der Waals surface area (Å²) in [6, 6.07) is 14.5. The maximum Gasteiger partial charge on any atom is 0.237 e. The van der Waals surface area contributed by atoms with Crippen molar-refractivity contribution in [3.8, 4) is 17.4 Å². The van der Waals surface area contributed by atoms with Gasteiger partial charge < -0.3 is 14.8 Å². The van der Waals surface area contributed by atoms with E-state index in [0.29, 0.717) is 17.3 Å². The monoisotopic (exact) mass is 335 g/mol. The van der Waals surface area contributed by atoms with Gasteiger partial charge >= 0.3 is 0 Å². The van der Waals surface area contributed by atoms with Crippen molar-refractivity contribution < 1.29 is 14.3 Å². The van der Waals surface area contributed by atoms with E-state index in [1.807, 2.05) is 24.3 Å². The van der Waals surface area contributed by atoms with E-state index in [1.165, 1.54) is 6.20 Å². The molecular formula is C19H17N3O3. The lowest BCUT2D eigenvalue weighted by atomic mass is 10.1. The lowest BCUT2D eigenvalue weighted by Gasteiger charge is -2.08. The minimum Gasteiger partial charge on any atom is -0.497 e. The number of amides is 1. The standard InChI is InChI=1S/C19H17N3O3/c1-24-17-4-2-3-14(11-17)12-18(23)22-15-5-7-16(8-6-15)25-19-13-20-9-10-21-19/h2-11,13H,12H2,1H3,(H,22,23). The quantitative estimate of drug-likeness (QED) is 0.747. The second-order valence-electron chi connectivity index (χ2n) is 5.25. The molecule has 1 amide bonds. The highest BCUT2D eigenvalue weighted by Gasteiger charge is 2.06. The van der Waals surface area contributed by atoms with Crippen LogP contribution in [0.3, 0.4) is 0 Å². The van der Waals surface area contributed by atoms with Crippen LogP contribution in [-0.2, 0) is 11.2 Å². The highest BCUT2D eigenvalue weighted by Crippen LogP contribution is 2.21. The van der Waals surface area contributed by atoms with Crippen molar-refractivity contribution in [3.63, 3.8) is 0 Å². The summed E-state index contributed by atoms with van der Waals surface area (Å²) < 4.78 is 10.7. The third-order valence-corrected chi connectivity index (χ3v) is 3.40. The molecule has 0 spiro atoms. The van der Waals surface area contributed by atoms with E-state index in [-0.39, 0.29) is 12.3 Å². The van der Waals surface area contributed by atoms with Gasteiger partial charge in [0.05, 0.1) is 19.7 Å². The molecule has 1 aromatic heterocycles. The van der Waals surface area contributed by atoms with Gasteiger partial charge in [-0.2, -0.15) is 0 Å². The summed E-state index contributed by atoms with van der Waals surface area (Å²) in [7, 11) is 1.60. The summed E-state index contributed by atoms with van der Waals surface area (Å²) in [6.45, 7) is 0. The molecule has 126 valence electrons. The number of carbonyl (C=O) groups excluding carboxylic acids is 1. The molecule has 6 heteroatoms. The number of hydrogen-bond acceptors (Lipinski definition) is 5. The lowest BCUT2D eigenvalue weighted by molar-refractivity contribution is -0.115. The molecule has 0 radical (unpaired) electrons. The maximum atomic E-state index is 12.2. The van der Waals surface area contributed by atoms with Crippen molar-refractivity contribution in [1.82, 2.24) is 9.97 Å². The van der Waals surface area contributed by atoms with E-state index < -0.39 is 0 Å². The van der Waals surface area contributed by atoms with E-state index in [0.717, 1.165) is 11.3 Å². The van der Waals surface area contributed by atoms with Crippen LogP contribution in [0.2, 0.25) is 0 Å². The van der Waals surface area contributed by atoms with Crippen LogP contribution in [0, 0.1) is 0 Å². The van der Waals surface area contributed by atoms with Crippen LogP contribution in [-0.4, -0.2) is 23.0 Å². The fourth-order valence-corrected chi connectivity index (χ4v) is 2.24. The molecule has 6 nitrogen and oxygen atoms in total. The highest BCUT2D eigenvalue weighted by molar-refractivity contribution is 5.92. The number of aromatic nitrogens is 2. The van der Waals surface area contributed by atoms with E-state index >= 15 is 0 Å². The molecule has 1 heterocycles. The molecule has 0 unspecified atom stereocenters. The first-order chi connectivity index (χ1) is 12.2. The number of carbonyl (C=O) groups is 1. The van der Waals surface area contributed by atoms with Gasteiger partial charge in [-0.15, -0.1) is 0 Å². The Morgan fingerprint density at radius 2 is 1.92 bits per heavy atom. The molecule has 3 rings (SSSR count). The Hall–Kier alpha value is -3.41. The number of nitrogens with zero attached hydrogens (tertiary/aromatic N) is 2. The predicted molar refractivity (Wildman–Crippen MR) is 93.9 cm³/mol. The van der Waals surface area contributed by atoms with Crippen LogP contribution < -0.4 is 14.8 Å². The minimum absolute atomic E-state index is 0.101. The summed E-state index contributed by atoms with van der Waals surface area (Å²) in [5.41, 5.74) is 1.58. The van der Waals surface area contributed by atoms with Gasteiger partial charge in [-0.25, -0.2) is 4.98 Å². The molecule has 0 aliphatic heterocycles. The van der Waals surface area contributed by atoms with Gasteiger partial charge in [0.15, 0.2) is 0 Å². The Labute approximate surface area is 145 Å². The van der Waals surface area contributed by atoms with Crippen molar-refractivity contribution >= 4 is 11.6 Å². The first kappa shape index (κ1) is 16.4. The largest absolute Gasteiger partial charge is 0.497 e. The van der Waals surface area contributed by atoms with Gasteiger partial charge in [0.25, 0.3) is 0 Å². The zero-order chi connectivity index (χ0) is 17.5. The third-order valence-electron chi connectivity index (χ3n) is 3.40. The van der Waals surface area contributed by atoms with Crippen molar-refractivity contribution in [2.75, 3.05) is 12.4 Å². The summed E-state index contributed by atoms with van der Waals surface area (Å²) in [6.07, 6.45) is 4.94. The number of nitrogens with one attached hydrogen (secondary N) is 1. The summed E-state index contributed by atoms with van der Waals surface area (Å²) in [4.78, 5) is 20.1. The van der Waals surface area contributed by atoms with Crippen LogP contribution in [0.4, 0.5) is 5.69 Å². The van der Waals surface area contributed by atoms with Gasteiger partial charge in [-0.3, -0.25) is 9.78 Å². The first-order valence-corrected chi connectivity index (χ1v) is 7.69. The number of methoxy groups -OCH3 is 1. The van der Waals surface area contributed by atoms with Gasteiger partial charge in [-0.1, -0.05) is 12.1 Å². The van der Waals surface area contributed by atoms with Crippen molar-refractivity contribution in [2.45, 2.75) is 6.42 Å².